The summed E-state index contributed by atoms with van der Waals surface area (Å²) in [6.45, 7) is 3.99. The summed E-state index contributed by atoms with van der Waals surface area (Å²) in [6.07, 6.45) is 0. The monoisotopic (exact) mass is 298 g/mol. The Balaban J connectivity index is 2.30. The van der Waals surface area contributed by atoms with Crippen LogP contribution >= 0.6 is 27.3 Å². The molecule has 84 valence electrons. The average Bonchev–Trinajstić information content (AvgIpc) is 2.54. The highest BCUT2D eigenvalue weighted by atomic mass is 79.9. The fourth-order valence-electron chi connectivity index (χ4n) is 1.19. The van der Waals surface area contributed by atoms with Gasteiger partial charge in [0.1, 0.15) is 5.75 Å². The van der Waals surface area contributed by atoms with Crippen LogP contribution < -0.4 is 10.5 Å². The molecule has 1 aromatic carbocycles. The van der Waals surface area contributed by atoms with Crippen molar-refractivity contribution in [3.8, 4) is 10.9 Å². The van der Waals surface area contributed by atoms with E-state index in [2.05, 4.69) is 20.9 Å². The molecule has 0 spiro atoms. The summed E-state index contributed by atoms with van der Waals surface area (Å²) in [5, 5.41) is 0.640. The van der Waals surface area contributed by atoms with E-state index >= 15 is 0 Å². The van der Waals surface area contributed by atoms with E-state index in [1.54, 1.807) is 0 Å². The van der Waals surface area contributed by atoms with Gasteiger partial charge in [-0.2, -0.15) is 0 Å². The molecule has 0 aliphatic carbocycles. The molecule has 2 N–H and O–H groups in total. The third kappa shape index (κ3) is 2.20. The minimum Gasteiger partial charge on any atom is -0.430 e. The van der Waals surface area contributed by atoms with Crippen LogP contribution in [0.1, 0.15) is 10.6 Å². The summed E-state index contributed by atoms with van der Waals surface area (Å²) < 4.78 is 6.44. The molecule has 0 radical (unpaired) electrons. The van der Waals surface area contributed by atoms with Gasteiger partial charge in [-0.25, -0.2) is 4.98 Å². The Kier molecular flexibility index (Phi) is 3.16. The first-order valence-electron chi connectivity index (χ1n) is 4.74. The number of nitrogens with two attached hydrogens (primary N) is 1. The molecule has 3 nitrogen and oxygen atoms in total. The van der Waals surface area contributed by atoms with E-state index in [-0.39, 0.29) is 0 Å². The largest absolute Gasteiger partial charge is 0.430 e. The van der Waals surface area contributed by atoms with E-state index in [9.17, 15) is 0 Å². The highest BCUT2D eigenvalue weighted by Crippen LogP contribution is 2.35. The maximum absolute atomic E-state index is 5.77. The highest BCUT2D eigenvalue weighted by Gasteiger charge is 2.09. The molecule has 0 bridgehead atoms. The van der Waals surface area contributed by atoms with Crippen LogP contribution in [0.3, 0.4) is 0 Å². The number of nitrogens with zero attached hydrogens (tertiary/aromatic N) is 1. The molecule has 0 unspecified atom stereocenters. The SMILES string of the molecule is Cc1nc(Oc2cccc(N)c2Br)sc1C. The van der Waals surface area contributed by atoms with Crippen LogP contribution in [0.2, 0.25) is 0 Å². The lowest BCUT2D eigenvalue weighted by Crippen LogP contribution is -1.90. The Morgan fingerprint density at radius 1 is 1.38 bits per heavy atom. The summed E-state index contributed by atoms with van der Waals surface area (Å²) in [4.78, 5) is 5.47. The topological polar surface area (TPSA) is 48.1 Å². The number of halogens is 1. The normalized spacial score (nSPS) is 10.4. The zero-order chi connectivity index (χ0) is 11.7. The zero-order valence-corrected chi connectivity index (χ0v) is 11.4. The number of aryl methyl sites for hydroxylation is 2. The molecule has 0 saturated heterocycles. The first kappa shape index (κ1) is 11.4. The van der Waals surface area contributed by atoms with Crippen molar-refractivity contribution in [2.24, 2.45) is 0 Å². The Bertz CT molecular complexity index is 505. The standard InChI is InChI=1S/C11H11BrN2OS/c1-6-7(2)16-11(14-6)15-9-5-3-4-8(13)10(9)12/h3-5H,13H2,1-2H3. The van der Waals surface area contributed by atoms with Crippen LogP contribution in [0.15, 0.2) is 22.7 Å². The van der Waals surface area contributed by atoms with Crippen molar-refractivity contribution in [2.75, 3.05) is 5.73 Å². The van der Waals surface area contributed by atoms with Crippen LogP contribution in [0.4, 0.5) is 5.69 Å². The molecule has 2 aromatic rings. The van der Waals surface area contributed by atoms with Crippen LogP contribution in [0, 0.1) is 13.8 Å². The lowest BCUT2D eigenvalue weighted by molar-refractivity contribution is 0.475. The van der Waals surface area contributed by atoms with Crippen molar-refractivity contribution < 1.29 is 4.74 Å². The number of thiazole rings is 1. The van der Waals surface area contributed by atoms with Gasteiger partial charge in [-0.1, -0.05) is 17.4 Å². The molecule has 0 aliphatic heterocycles. The van der Waals surface area contributed by atoms with Crippen molar-refractivity contribution in [3.63, 3.8) is 0 Å². The highest BCUT2D eigenvalue weighted by molar-refractivity contribution is 9.10. The number of hydrogen-bond donors (Lipinski definition) is 1. The second-order valence-corrected chi connectivity index (χ2v) is 5.34. The molecule has 0 fully saturated rings. The van der Waals surface area contributed by atoms with E-state index < -0.39 is 0 Å². The van der Waals surface area contributed by atoms with Gasteiger partial charge in [0.25, 0.3) is 5.19 Å². The predicted molar refractivity (Wildman–Crippen MR) is 70.2 cm³/mol. The summed E-state index contributed by atoms with van der Waals surface area (Å²) in [5.74, 6) is 0.689. The number of benzene rings is 1. The van der Waals surface area contributed by atoms with Crippen LogP contribution in [0.5, 0.6) is 10.9 Å². The van der Waals surface area contributed by atoms with Crippen LogP contribution in [-0.2, 0) is 0 Å². The van der Waals surface area contributed by atoms with Gasteiger partial charge in [0, 0.05) is 10.6 Å². The number of aromatic nitrogens is 1. The number of anilines is 1. The smallest absolute Gasteiger partial charge is 0.279 e. The lowest BCUT2D eigenvalue weighted by Gasteiger charge is -2.05. The predicted octanol–water partition coefficient (Wildman–Crippen LogP) is 3.90. The summed E-state index contributed by atoms with van der Waals surface area (Å²) in [6, 6.07) is 5.52. The van der Waals surface area contributed by atoms with E-state index in [1.165, 1.54) is 11.3 Å². The summed E-state index contributed by atoms with van der Waals surface area (Å²) >= 11 is 4.92. The number of hydrogen-bond acceptors (Lipinski definition) is 4. The van der Waals surface area contributed by atoms with Crippen molar-refractivity contribution in [2.45, 2.75) is 13.8 Å². The van der Waals surface area contributed by atoms with Gasteiger partial charge in [-0.3, -0.25) is 0 Å². The number of ether oxygens (including phenoxy) is 1. The van der Waals surface area contributed by atoms with Gasteiger partial charge < -0.3 is 10.5 Å². The Hall–Kier alpha value is -1.07. The summed E-state index contributed by atoms with van der Waals surface area (Å²) in [7, 11) is 0. The molecular weight excluding hydrogens is 288 g/mol. The van der Waals surface area contributed by atoms with E-state index in [1.807, 2.05) is 32.0 Å². The molecule has 0 amide bonds. The van der Waals surface area contributed by atoms with Crippen molar-refractivity contribution in [1.82, 2.24) is 4.98 Å². The first-order valence-corrected chi connectivity index (χ1v) is 6.34. The summed E-state index contributed by atoms with van der Waals surface area (Å²) in [5.41, 5.74) is 7.42. The fourth-order valence-corrected chi connectivity index (χ4v) is 2.30. The van der Waals surface area contributed by atoms with Crippen LogP contribution in [0.25, 0.3) is 0 Å². The minimum atomic E-state index is 0.640. The van der Waals surface area contributed by atoms with Crippen molar-refractivity contribution in [1.29, 1.82) is 0 Å². The van der Waals surface area contributed by atoms with Gasteiger partial charge in [-0.05, 0) is 41.9 Å². The van der Waals surface area contributed by atoms with E-state index in [0.717, 1.165) is 15.0 Å². The third-order valence-electron chi connectivity index (χ3n) is 2.20. The quantitative estimate of drug-likeness (QED) is 0.856. The Morgan fingerprint density at radius 3 is 2.75 bits per heavy atom. The molecule has 0 aliphatic rings. The lowest BCUT2D eigenvalue weighted by atomic mass is 10.3. The third-order valence-corrected chi connectivity index (χ3v) is 4.00. The molecule has 2 rings (SSSR count). The van der Waals surface area contributed by atoms with Gasteiger partial charge >= 0.3 is 0 Å². The first-order chi connectivity index (χ1) is 7.58. The fraction of sp³-hybridized carbons (Fsp3) is 0.182. The Morgan fingerprint density at radius 2 is 2.12 bits per heavy atom. The second kappa shape index (κ2) is 4.43. The van der Waals surface area contributed by atoms with Crippen LogP contribution in [-0.4, -0.2) is 4.98 Å². The van der Waals surface area contributed by atoms with E-state index in [4.69, 9.17) is 10.5 Å². The number of rotatable bonds is 2. The number of nitrogen functional groups attached to an aromatic ring is 1. The molecular formula is C11H11BrN2OS. The van der Waals surface area contributed by atoms with Gasteiger partial charge in [0.2, 0.25) is 0 Å². The van der Waals surface area contributed by atoms with Crippen molar-refractivity contribution >= 4 is 33.0 Å². The maximum Gasteiger partial charge on any atom is 0.279 e. The molecule has 0 atom stereocenters. The maximum atomic E-state index is 5.77. The zero-order valence-electron chi connectivity index (χ0n) is 8.95. The molecule has 1 heterocycles. The molecule has 16 heavy (non-hydrogen) atoms. The van der Waals surface area contributed by atoms with Gasteiger partial charge in [0.15, 0.2) is 0 Å². The average molecular weight is 299 g/mol. The molecule has 1 aromatic heterocycles. The molecule has 0 saturated carbocycles. The second-order valence-electron chi connectivity index (χ2n) is 3.38. The van der Waals surface area contributed by atoms with E-state index in [0.29, 0.717) is 16.6 Å². The minimum absolute atomic E-state index is 0.640. The van der Waals surface area contributed by atoms with Crippen molar-refractivity contribution in [3.05, 3.63) is 33.2 Å². The van der Waals surface area contributed by atoms with Gasteiger partial charge in [-0.15, -0.1) is 0 Å². The molecule has 5 heteroatoms. The Labute approximate surface area is 106 Å². The van der Waals surface area contributed by atoms with Gasteiger partial charge in [0.05, 0.1) is 10.2 Å².